The molecule has 0 bridgehead atoms. The summed E-state index contributed by atoms with van der Waals surface area (Å²) in [4.78, 5) is 0. The van der Waals surface area contributed by atoms with Crippen molar-refractivity contribution in [2.24, 2.45) is 5.73 Å². The van der Waals surface area contributed by atoms with Crippen molar-refractivity contribution in [3.05, 3.63) is 35.6 Å². The van der Waals surface area contributed by atoms with Crippen LogP contribution in [0.4, 0.5) is 4.39 Å². The fourth-order valence-electron chi connectivity index (χ4n) is 2.10. The van der Waals surface area contributed by atoms with Crippen molar-refractivity contribution in [1.82, 2.24) is 4.31 Å². The molecule has 0 radical (unpaired) electrons. The van der Waals surface area contributed by atoms with E-state index in [1.54, 1.807) is 6.92 Å². The van der Waals surface area contributed by atoms with Gasteiger partial charge < -0.3 is 10.5 Å². The molecule has 1 saturated heterocycles. The monoisotopic (exact) mass is 302 g/mol. The maximum atomic E-state index is 12.8. The first-order chi connectivity index (χ1) is 9.38. The van der Waals surface area contributed by atoms with Gasteiger partial charge in [0.2, 0.25) is 10.0 Å². The molecule has 0 aromatic heterocycles. The van der Waals surface area contributed by atoms with Crippen LogP contribution >= 0.6 is 0 Å². The van der Waals surface area contributed by atoms with E-state index in [9.17, 15) is 12.8 Å². The maximum absolute atomic E-state index is 12.8. The Bertz CT molecular complexity index is 545. The van der Waals surface area contributed by atoms with E-state index in [0.29, 0.717) is 18.7 Å². The fourth-order valence-corrected chi connectivity index (χ4v) is 3.63. The SMILES string of the molecule is CC(N)C1CN(S(=O)(=O)Cc2ccc(F)cc2)CCO1. The number of ether oxygens (including phenoxy) is 1. The molecule has 1 aromatic carbocycles. The van der Waals surface area contributed by atoms with Crippen molar-refractivity contribution in [2.45, 2.75) is 24.8 Å². The highest BCUT2D eigenvalue weighted by atomic mass is 32.2. The summed E-state index contributed by atoms with van der Waals surface area (Å²) >= 11 is 0. The zero-order chi connectivity index (χ0) is 14.8. The highest BCUT2D eigenvalue weighted by molar-refractivity contribution is 7.88. The zero-order valence-corrected chi connectivity index (χ0v) is 12.1. The predicted octanol–water partition coefficient (Wildman–Crippen LogP) is 0.704. The quantitative estimate of drug-likeness (QED) is 0.889. The molecule has 2 atom stereocenters. The number of morpholine rings is 1. The van der Waals surface area contributed by atoms with Crippen LogP contribution in [-0.2, 0) is 20.5 Å². The van der Waals surface area contributed by atoms with Crippen molar-refractivity contribution >= 4 is 10.0 Å². The highest BCUT2D eigenvalue weighted by Crippen LogP contribution is 2.16. The van der Waals surface area contributed by atoms with Gasteiger partial charge in [-0.15, -0.1) is 0 Å². The Morgan fingerprint density at radius 2 is 2.10 bits per heavy atom. The van der Waals surface area contributed by atoms with Crippen LogP contribution in [-0.4, -0.2) is 44.6 Å². The van der Waals surface area contributed by atoms with Crippen molar-refractivity contribution in [2.75, 3.05) is 19.7 Å². The van der Waals surface area contributed by atoms with Gasteiger partial charge in [0.1, 0.15) is 5.82 Å². The number of nitrogens with two attached hydrogens (primary N) is 1. The standard InChI is InChI=1S/C13H19FN2O3S/c1-10(15)13-8-16(6-7-19-13)20(17,18)9-11-2-4-12(14)5-3-11/h2-5,10,13H,6-9,15H2,1H3. The number of hydrogen-bond donors (Lipinski definition) is 1. The Balaban J connectivity index is 2.08. The van der Waals surface area contributed by atoms with E-state index in [4.69, 9.17) is 10.5 Å². The van der Waals surface area contributed by atoms with Gasteiger partial charge >= 0.3 is 0 Å². The third-order valence-electron chi connectivity index (χ3n) is 3.30. The smallest absolute Gasteiger partial charge is 0.218 e. The molecule has 1 heterocycles. The van der Waals surface area contributed by atoms with E-state index in [2.05, 4.69) is 0 Å². The van der Waals surface area contributed by atoms with Gasteiger partial charge in [-0.05, 0) is 24.6 Å². The van der Waals surface area contributed by atoms with Crippen LogP contribution in [0.1, 0.15) is 12.5 Å². The average Bonchev–Trinajstić information content (AvgIpc) is 2.41. The number of hydrogen-bond acceptors (Lipinski definition) is 4. The van der Waals surface area contributed by atoms with Gasteiger partial charge in [0.05, 0.1) is 18.5 Å². The Kier molecular flexibility index (Phi) is 4.74. The van der Waals surface area contributed by atoms with Gasteiger partial charge in [0, 0.05) is 19.1 Å². The first-order valence-electron chi connectivity index (χ1n) is 6.48. The lowest BCUT2D eigenvalue weighted by Gasteiger charge is -2.33. The number of halogens is 1. The summed E-state index contributed by atoms with van der Waals surface area (Å²) in [6, 6.07) is 5.26. The van der Waals surface area contributed by atoms with Crippen LogP contribution < -0.4 is 5.73 Å². The predicted molar refractivity (Wildman–Crippen MR) is 74.0 cm³/mol. The molecular formula is C13H19FN2O3S. The minimum absolute atomic E-state index is 0.140. The molecule has 7 heteroatoms. The molecule has 1 aromatic rings. The summed E-state index contributed by atoms with van der Waals surface area (Å²) in [6.45, 7) is 2.73. The fraction of sp³-hybridized carbons (Fsp3) is 0.538. The Labute approximate surface area is 118 Å². The average molecular weight is 302 g/mol. The van der Waals surface area contributed by atoms with E-state index in [-0.39, 0.29) is 30.3 Å². The van der Waals surface area contributed by atoms with Crippen LogP contribution in [0.25, 0.3) is 0 Å². The summed E-state index contributed by atoms with van der Waals surface area (Å²) in [5.74, 6) is -0.520. The summed E-state index contributed by atoms with van der Waals surface area (Å²) in [6.07, 6.45) is -0.285. The van der Waals surface area contributed by atoms with Gasteiger partial charge in [0.15, 0.2) is 0 Å². The number of rotatable bonds is 4. The van der Waals surface area contributed by atoms with Gasteiger partial charge in [-0.2, -0.15) is 4.31 Å². The van der Waals surface area contributed by atoms with Crippen molar-refractivity contribution in [3.8, 4) is 0 Å². The minimum atomic E-state index is -3.44. The molecule has 1 aliphatic heterocycles. The zero-order valence-electron chi connectivity index (χ0n) is 11.3. The first-order valence-corrected chi connectivity index (χ1v) is 8.09. The van der Waals surface area contributed by atoms with Crippen LogP contribution in [0.3, 0.4) is 0 Å². The van der Waals surface area contributed by atoms with Gasteiger partial charge in [-0.25, -0.2) is 12.8 Å². The number of nitrogens with zero attached hydrogens (tertiary/aromatic N) is 1. The van der Waals surface area contributed by atoms with Gasteiger partial charge in [-0.3, -0.25) is 0 Å². The maximum Gasteiger partial charge on any atom is 0.218 e. The molecule has 20 heavy (non-hydrogen) atoms. The number of sulfonamides is 1. The van der Waals surface area contributed by atoms with E-state index >= 15 is 0 Å². The second kappa shape index (κ2) is 6.17. The molecule has 0 amide bonds. The van der Waals surface area contributed by atoms with Crippen LogP contribution in [0.2, 0.25) is 0 Å². The normalized spacial score (nSPS) is 22.6. The summed E-state index contributed by atoms with van der Waals surface area (Å²) in [5.41, 5.74) is 6.32. The molecule has 2 unspecified atom stereocenters. The van der Waals surface area contributed by atoms with Crippen molar-refractivity contribution in [3.63, 3.8) is 0 Å². The summed E-state index contributed by atoms with van der Waals surface area (Å²) in [5, 5.41) is 0. The van der Waals surface area contributed by atoms with Gasteiger partial charge in [0.25, 0.3) is 0 Å². The lowest BCUT2D eigenvalue weighted by molar-refractivity contribution is -0.0120. The molecular weight excluding hydrogens is 283 g/mol. The Morgan fingerprint density at radius 3 is 2.70 bits per heavy atom. The highest BCUT2D eigenvalue weighted by Gasteiger charge is 2.31. The lowest BCUT2D eigenvalue weighted by atomic mass is 10.2. The van der Waals surface area contributed by atoms with Crippen LogP contribution in [0.5, 0.6) is 0 Å². The molecule has 1 fully saturated rings. The Morgan fingerprint density at radius 1 is 1.45 bits per heavy atom. The van der Waals surface area contributed by atoms with E-state index in [1.807, 2.05) is 0 Å². The number of benzene rings is 1. The molecule has 2 rings (SSSR count). The third kappa shape index (κ3) is 3.76. The van der Waals surface area contributed by atoms with E-state index in [1.165, 1.54) is 28.6 Å². The van der Waals surface area contributed by atoms with Gasteiger partial charge in [-0.1, -0.05) is 12.1 Å². The summed E-state index contributed by atoms with van der Waals surface area (Å²) < 4.78 is 44.4. The van der Waals surface area contributed by atoms with E-state index in [0.717, 1.165) is 0 Å². The molecule has 112 valence electrons. The van der Waals surface area contributed by atoms with Crippen LogP contribution in [0.15, 0.2) is 24.3 Å². The second-order valence-electron chi connectivity index (χ2n) is 5.01. The van der Waals surface area contributed by atoms with Crippen LogP contribution in [0, 0.1) is 5.82 Å². The first kappa shape index (κ1) is 15.4. The minimum Gasteiger partial charge on any atom is -0.374 e. The largest absolute Gasteiger partial charge is 0.374 e. The van der Waals surface area contributed by atoms with Crippen molar-refractivity contribution in [1.29, 1.82) is 0 Å². The molecule has 1 aliphatic rings. The summed E-state index contributed by atoms with van der Waals surface area (Å²) in [7, 11) is -3.44. The molecule has 0 spiro atoms. The topological polar surface area (TPSA) is 72.6 Å². The van der Waals surface area contributed by atoms with Crippen molar-refractivity contribution < 1.29 is 17.5 Å². The lowest BCUT2D eigenvalue weighted by Crippen LogP contribution is -2.51. The van der Waals surface area contributed by atoms with E-state index < -0.39 is 10.0 Å². The third-order valence-corrected chi connectivity index (χ3v) is 5.11. The Hall–Kier alpha value is -1.02. The molecule has 5 nitrogen and oxygen atoms in total. The molecule has 0 saturated carbocycles. The molecule has 2 N–H and O–H groups in total. The second-order valence-corrected chi connectivity index (χ2v) is 6.98. The molecule has 0 aliphatic carbocycles.